The Morgan fingerprint density at radius 3 is 2.35 bits per heavy atom. The van der Waals surface area contributed by atoms with Crippen LogP contribution >= 0.6 is 7.37 Å². The fraction of sp³-hybridized carbons (Fsp3) is 0.118. The predicted molar refractivity (Wildman–Crippen MR) is 88.8 cm³/mol. The van der Waals surface area contributed by atoms with Crippen LogP contribution in [0.1, 0.15) is 15.9 Å². The van der Waals surface area contributed by atoms with Gasteiger partial charge in [0.1, 0.15) is 11.6 Å². The molecule has 2 aromatic rings. The van der Waals surface area contributed by atoms with Gasteiger partial charge in [0.25, 0.3) is 5.91 Å². The molecule has 4 nitrogen and oxygen atoms in total. The summed E-state index contributed by atoms with van der Waals surface area (Å²) in [5, 5.41) is 2.57. The highest BCUT2D eigenvalue weighted by atomic mass is 31.2. The topological polar surface area (TPSA) is 55.4 Å². The zero-order valence-corrected chi connectivity index (χ0v) is 13.7. The highest BCUT2D eigenvalue weighted by Crippen LogP contribution is 2.42. The third-order valence-electron chi connectivity index (χ3n) is 2.80. The first-order valence-corrected chi connectivity index (χ1v) is 9.44. The average molecular weight is 333 g/mol. The molecule has 2 rings (SSSR count). The van der Waals surface area contributed by atoms with Crippen molar-refractivity contribution in [3.63, 3.8) is 0 Å². The molecule has 0 radical (unpaired) electrons. The van der Waals surface area contributed by atoms with Crippen LogP contribution < -0.4 is 5.32 Å². The van der Waals surface area contributed by atoms with Crippen molar-refractivity contribution in [2.75, 3.05) is 13.3 Å². The molecule has 0 unspecified atom stereocenters. The van der Waals surface area contributed by atoms with Gasteiger partial charge in [-0.2, -0.15) is 0 Å². The minimum atomic E-state index is -2.88. The molecule has 0 spiro atoms. The first-order valence-electron chi connectivity index (χ1n) is 6.92. The summed E-state index contributed by atoms with van der Waals surface area (Å²) >= 11 is 0. The molecule has 0 saturated carbocycles. The molecule has 23 heavy (non-hydrogen) atoms. The monoisotopic (exact) mass is 333 g/mol. The molecule has 6 heteroatoms. The van der Waals surface area contributed by atoms with Gasteiger partial charge in [-0.3, -0.25) is 9.36 Å². The van der Waals surface area contributed by atoms with Gasteiger partial charge in [-0.15, -0.1) is 0 Å². The van der Waals surface area contributed by atoms with E-state index in [2.05, 4.69) is 5.32 Å². The summed E-state index contributed by atoms with van der Waals surface area (Å²) in [4.78, 5) is 12.1. The molecule has 0 aliphatic carbocycles. The molecule has 2 aromatic carbocycles. The molecule has 0 saturated heterocycles. The van der Waals surface area contributed by atoms with E-state index in [-0.39, 0.29) is 11.7 Å². The van der Waals surface area contributed by atoms with Crippen LogP contribution in [0.4, 0.5) is 4.39 Å². The van der Waals surface area contributed by atoms with E-state index in [1.807, 2.05) is 0 Å². The van der Waals surface area contributed by atoms with Crippen molar-refractivity contribution in [3.05, 3.63) is 77.7 Å². The Bertz CT molecular complexity index is 768. The smallest absolute Gasteiger partial charge is 0.255 e. The Morgan fingerprint density at radius 2 is 1.74 bits per heavy atom. The minimum Gasteiger partial charge on any atom is -0.441 e. The van der Waals surface area contributed by atoms with Crippen molar-refractivity contribution in [3.8, 4) is 0 Å². The lowest BCUT2D eigenvalue weighted by Crippen LogP contribution is -2.17. The number of amides is 1. The molecule has 1 amide bonds. The quantitative estimate of drug-likeness (QED) is 0.662. The number of rotatable bonds is 5. The zero-order chi connectivity index (χ0) is 16.9. The number of halogens is 1. The van der Waals surface area contributed by atoms with Gasteiger partial charge >= 0.3 is 0 Å². The normalized spacial score (nSPS) is 11.9. The lowest BCUT2D eigenvalue weighted by Gasteiger charge is -2.14. The van der Waals surface area contributed by atoms with Gasteiger partial charge in [0.2, 0.25) is 7.37 Å². The van der Waals surface area contributed by atoms with E-state index in [0.717, 1.165) is 0 Å². The summed E-state index contributed by atoms with van der Waals surface area (Å²) in [6, 6.07) is 14.3. The maximum atomic E-state index is 13.4. The largest absolute Gasteiger partial charge is 0.441 e. The summed E-state index contributed by atoms with van der Waals surface area (Å²) < 4.78 is 30.7. The standard InChI is InChI=1S/C17H17FNO3P/c1-23(2,21)22-16(14-9-6-10-15(18)11-14)12-19-17(20)13-7-4-3-5-8-13/h3-12H,1-2H3,(H,19,20). The number of nitrogens with one attached hydrogen (secondary N) is 1. The third kappa shape index (κ3) is 5.38. The number of benzene rings is 2. The van der Waals surface area contributed by atoms with Crippen LogP contribution in [0.5, 0.6) is 0 Å². The molecule has 1 N–H and O–H groups in total. The van der Waals surface area contributed by atoms with Crippen molar-refractivity contribution < 1.29 is 18.3 Å². The van der Waals surface area contributed by atoms with E-state index >= 15 is 0 Å². The fourth-order valence-corrected chi connectivity index (χ4v) is 2.48. The molecule has 0 fully saturated rings. The van der Waals surface area contributed by atoms with E-state index < -0.39 is 13.2 Å². The lowest BCUT2D eigenvalue weighted by atomic mass is 10.2. The Hall–Kier alpha value is -2.39. The van der Waals surface area contributed by atoms with Gasteiger partial charge in [0, 0.05) is 30.7 Å². The summed E-state index contributed by atoms with van der Waals surface area (Å²) in [5.41, 5.74) is 0.862. The molecule has 0 aliphatic heterocycles. The average Bonchev–Trinajstić information content (AvgIpc) is 2.51. The van der Waals surface area contributed by atoms with Gasteiger partial charge in [-0.1, -0.05) is 30.3 Å². The van der Waals surface area contributed by atoms with Gasteiger partial charge < -0.3 is 9.84 Å². The van der Waals surface area contributed by atoms with Crippen LogP contribution in [0.3, 0.4) is 0 Å². The summed E-state index contributed by atoms with van der Waals surface area (Å²) in [7, 11) is -2.88. The summed E-state index contributed by atoms with van der Waals surface area (Å²) in [6.45, 7) is 2.89. The summed E-state index contributed by atoms with van der Waals surface area (Å²) in [6.07, 6.45) is 1.30. The molecule has 0 atom stereocenters. The first kappa shape index (κ1) is 17.0. The van der Waals surface area contributed by atoms with E-state index in [0.29, 0.717) is 11.1 Å². The van der Waals surface area contributed by atoms with E-state index in [4.69, 9.17) is 4.52 Å². The third-order valence-corrected chi connectivity index (χ3v) is 3.43. The molecule has 0 aliphatic rings. The molecular weight excluding hydrogens is 316 g/mol. The van der Waals surface area contributed by atoms with Crippen LogP contribution in [0.2, 0.25) is 0 Å². The first-order chi connectivity index (χ1) is 10.8. The number of hydrogen-bond donors (Lipinski definition) is 1. The predicted octanol–water partition coefficient (Wildman–Crippen LogP) is 4.11. The van der Waals surface area contributed by atoms with Crippen LogP contribution in [0, 0.1) is 5.82 Å². The van der Waals surface area contributed by atoms with Crippen LogP contribution in [-0.2, 0) is 9.09 Å². The molecular formula is C17H17FNO3P. The van der Waals surface area contributed by atoms with E-state index in [9.17, 15) is 13.8 Å². The molecule has 120 valence electrons. The van der Waals surface area contributed by atoms with E-state index in [1.165, 1.54) is 37.7 Å². The van der Waals surface area contributed by atoms with Crippen LogP contribution in [-0.4, -0.2) is 19.2 Å². The van der Waals surface area contributed by atoms with Crippen LogP contribution in [0.25, 0.3) is 5.76 Å². The molecule has 0 bridgehead atoms. The van der Waals surface area contributed by atoms with Gasteiger partial charge in [0.15, 0.2) is 0 Å². The van der Waals surface area contributed by atoms with Crippen molar-refractivity contribution >= 4 is 19.0 Å². The van der Waals surface area contributed by atoms with E-state index in [1.54, 1.807) is 36.4 Å². The lowest BCUT2D eigenvalue weighted by molar-refractivity contribution is 0.0969. The van der Waals surface area contributed by atoms with Gasteiger partial charge in [-0.05, 0) is 24.3 Å². The number of hydrogen-bond acceptors (Lipinski definition) is 3. The van der Waals surface area contributed by atoms with Crippen LogP contribution in [0.15, 0.2) is 60.8 Å². The second-order valence-electron chi connectivity index (χ2n) is 5.20. The Labute approximate surface area is 134 Å². The summed E-state index contributed by atoms with van der Waals surface area (Å²) in [5.74, 6) is -0.652. The highest BCUT2D eigenvalue weighted by Gasteiger charge is 2.14. The maximum Gasteiger partial charge on any atom is 0.255 e. The second-order valence-corrected chi connectivity index (χ2v) is 7.89. The molecule has 0 aromatic heterocycles. The SMILES string of the molecule is CP(C)(=O)OC(=CNC(=O)c1ccccc1)c1cccc(F)c1. The van der Waals surface area contributed by atoms with Crippen molar-refractivity contribution in [2.45, 2.75) is 0 Å². The zero-order valence-electron chi connectivity index (χ0n) is 12.8. The Morgan fingerprint density at radius 1 is 1.09 bits per heavy atom. The number of carbonyl (C=O) groups excluding carboxylic acids is 1. The van der Waals surface area contributed by atoms with Crippen molar-refractivity contribution in [2.24, 2.45) is 0 Å². The maximum absolute atomic E-state index is 13.4. The Kier molecular flexibility index (Phi) is 5.35. The number of carbonyl (C=O) groups is 1. The highest BCUT2D eigenvalue weighted by molar-refractivity contribution is 7.57. The molecule has 0 heterocycles. The minimum absolute atomic E-state index is 0.141. The second kappa shape index (κ2) is 7.25. The Balaban J connectivity index is 2.26. The van der Waals surface area contributed by atoms with Crippen molar-refractivity contribution in [1.29, 1.82) is 0 Å². The van der Waals surface area contributed by atoms with Crippen molar-refractivity contribution in [1.82, 2.24) is 5.32 Å². The van der Waals surface area contributed by atoms with Gasteiger partial charge in [-0.25, -0.2) is 4.39 Å². The fourth-order valence-electron chi connectivity index (χ4n) is 1.84. The van der Waals surface area contributed by atoms with Gasteiger partial charge in [0.05, 0.1) is 0 Å².